The van der Waals surface area contributed by atoms with Gasteiger partial charge in [-0.25, -0.2) is 0 Å². The second-order valence-corrected chi connectivity index (χ2v) is 9.11. The molecular formula is C27H30N4O4. The number of rotatable bonds is 7. The average Bonchev–Trinajstić information content (AvgIpc) is 3.40. The van der Waals surface area contributed by atoms with Gasteiger partial charge >= 0.3 is 0 Å². The highest BCUT2D eigenvalue weighted by Gasteiger charge is 2.29. The van der Waals surface area contributed by atoms with Gasteiger partial charge in [-0.2, -0.15) is 0 Å². The molecule has 2 aliphatic heterocycles. The molecule has 0 saturated carbocycles. The number of nitrogens with one attached hydrogen (secondary N) is 1. The molecule has 5 rings (SSSR count). The molecule has 0 aliphatic carbocycles. The van der Waals surface area contributed by atoms with E-state index < -0.39 is 0 Å². The number of carbonyl (C=O) groups is 2. The number of likely N-dealkylation sites (tertiary alicyclic amines) is 1. The highest BCUT2D eigenvalue weighted by atomic mass is 16.5. The first kappa shape index (κ1) is 23.1. The largest absolute Gasteiger partial charge is 0.494 e. The lowest BCUT2D eigenvalue weighted by Gasteiger charge is -2.34. The number of aromatic amines is 1. The van der Waals surface area contributed by atoms with Crippen LogP contribution in [0.2, 0.25) is 0 Å². The van der Waals surface area contributed by atoms with Gasteiger partial charge in [0, 0.05) is 31.4 Å². The molecule has 0 unspecified atom stereocenters. The Morgan fingerprint density at radius 1 is 0.914 bits per heavy atom. The SMILES string of the molecule is O=C(c1cccc2ccc(=O)[nH]c12)N1CCN(c2ccc(OCCCN3CCCC3)cc2)C(=O)C1. The molecule has 2 aliphatic rings. The molecule has 8 nitrogen and oxygen atoms in total. The smallest absolute Gasteiger partial charge is 0.256 e. The van der Waals surface area contributed by atoms with Gasteiger partial charge in [0.05, 0.1) is 17.7 Å². The number of H-pyrrole nitrogens is 1. The predicted octanol–water partition coefficient (Wildman–Crippen LogP) is 2.88. The molecule has 2 amide bonds. The van der Waals surface area contributed by atoms with Crippen LogP contribution < -0.4 is 15.2 Å². The van der Waals surface area contributed by atoms with Crippen molar-refractivity contribution in [3.05, 3.63) is 70.5 Å². The molecule has 1 N–H and O–H groups in total. The van der Waals surface area contributed by atoms with Crippen LogP contribution in [0.5, 0.6) is 5.75 Å². The highest BCUT2D eigenvalue weighted by Crippen LogP contribution is 2.23. The monoisotopic (exact) mass is 474 g/mol. The molecular weight excluding hydrogens is 444 g/mol. The van der Waals surface area contributed by atoms with Crippen molar-refractivity contribution in [3.63, 3.8) is 0 Å². The lowest BCUT2D eigenvalue weighted by molar-refractivity contribution is -0.120. The van der Waals surface area contributed by atoms with Crippen molar-refractivity contribution in [1.29, 1.82) is 0 Å². The molecule has 2 aromatic carbocycles. The van der Waals surface area contributed by atoms with E-state index in [1.54, 1.807) is 23.1 Å². The molecule has 1 aromatic heterocycles. The van der Waals surface area contributed by atoms with Gasteiger partial charge in [0.2, 0.25) is 11.5 Å². The Morgan fingerprint density at radius 2 is 1.71 bits per heavy atom. The minimum absolute atomic E-state index is 0.0129. The van der Waals surface area contributed by atoms with Gasteiger partial charge in [-0.3, -0.25) is 14.4 Å². The summed E-state index contributed by atoms with van der Waals surface area (Å²) in [6.07, 6.45) is 3.60. The number of pyridine rings is 1. The van der Waals surface area contributed by atoms with Gasteiger partial charge in [0.25, 0.3) is 5.91 Å². The molecule has 0 radical (unpaired) electrons. The molecule has 0 bridgehead atoms. The Balaban J connectivity index is 1.18. The first-order valence-electron chi connectivity index (χ1n) is 12.3. The normalized spacial score (nSPS) is 16.7. The number of hydrogen-bond acceptors (Lipinski definition) is 5. The summed E-state index contributed by atoms with van der Waals surface area (Å²) in [5.74, 6) is 0.391. The number of para-hydroxylation sites is 1. The quantitative estimate of drug-likeness (QED) is 0.532. The number of hydrogen-bond donors (Lipinski definition) is 1. The number of aromatic nitrogens is 1. The van der Waals surface area contributed by atoms with Crippen LogP contribution in [0.1, 0.15) is 29.6 Å². The van der Waals surface area contributed by atoms with Gasteiger partial charge in [-0.1, -0.05) is 12.1 Å². The fourth-order valence-electron chi connectivity index (χ4n) is 4.85. The van der Waals surface area contributed by atoms with Crippen LogP contribution in [0, 0.1) is 0 Å². The summed E-state index contributed by atoms with van der Waals surface area (Å²) in [7, 11) is 0. The number of carbonyl (C=O) groups excluding carboxylic acids is 2. The van der Waals surface area contributed by atoms with Gasteiger partial charge in [-0.05, 0) is 74.1 Å². The Kier molecular flexibility index (Phi) is 6.81. The third kappa shape index (κ3) is 5.22. The van der Waals surface area contributed by atoms with E-state index in [9.17, 15) is 14.4 Å². The summed E-state index contributed by atoms with van der Waals surface area (Å²) in [4.78, 5) is 46.3. The van der Waals surface area contributed by atoms with E-state index in [1.807, 2.05) is 30.3 Å². The summed E-state index contributed by atoms with van der Waals surface area (Å²) in [5.41, 5.74) is 1.42. The van der Waals surface area contributed by atoms with Crippen LogP contribution >= 0.6 is 0 Å². The van der Waals surface area contributed by atoms with Crippen LogP contribution in [-0.4, -0.2) is 72.5 Å². The molecule has 8 heteroatoms. The minimum atomic E-state index is -0.266. The predicted molar refractivity (Wildman–Crippen MR) is 135 cm³/mol. The number of fused-ring (bicyclic) bond motifs is 1. The highest BCUT2D eigenvalue weighted by molar-refractivity contribution is 6.07. The zero-order valence-corrected chi connectivity index (χ0v) is 19.7. The van der Waals surface area contributed by atoms with E-state index in [0.29, 0.717) is 30.8 Å². The zero-order chi connectivity index (χ0) is 24.2. The summed E-state index contributed by atoms with van der Waals surface area (Å²) in [6.45, 7) is 4.95. The van der Waals surface area contributed by atoms with Crippen molar-refractivity contribution in [3.8, 4) is 5.75 Å². The van der Waals surface area contributed by atoms with E-state index in [4.69, 9.17) is 4.74 Å². The Bertz CT molecular complexity index is 1260. The fraction of sp³-hybridized carbons (Fsp3) is 0.370. The molecule has 0 spiro atoms. The van der Waals surface area contributed by atoms with Crippen molar-refractivity contribution in [2.24, 2.45) is 0 Å². The first-order valence-corrected chi connectivity index (χ1v) is 12.3. The third-order valence-corrected chi connectivity index (χ3v) is 6.73. The van der Waals surface area contributed by atoms with E-state index in [2.05, 4.69) is 9.88 Å². The second kappa shape index (κ2) is 10.3. The number of amides is 2. The molecule has 182 valence electrons. The van der Waals surface area contributed by atoms with Gasteiger partial charge in [0.1, 0.15) is 12.3 Å². The number of piperazine rings is 1. The van der Waals surface area contributed by atoms with Gasteiger partial charge in [-0.15, -0.1) is 0 Å². The van der Waals surface area contributed by atoms with E-state index >= 15 is 0 Å². The molecule has 3 heterocycles. The second-order valence-electron chi connectivity index (χ2n) is 9.11. The van der Waals surface area contributed by atoms with E-state index in [0.717, 1.165) is 29.8 Å². The fourth-order valence-corrected chi connectivity index (χ4v) is 4.85. The Morgan fingerprint density at radius 3 is 2.49 bits per heavy atom. The van der Waals surface area contributed by atoms with Crippen LogP contribution in [0.15, 0.2) is 59.4 Å². The standard InChI is InChI=1S/C27H30N4O4/c32-24-12-7-20-5-3-6-23(26(20)28-24)27(34)30-16-17-31(25(33)19-30)21-8-10-22(11-9-21)35-18-4-15-29-13-1-2-14-29/h3,5-12H,1-2,4,13-19H2,(H,28,32). The maximum atomic E-state index is 13.2. The van der Waals surface area contributed by atoms with Crippen LogP contribution in [0.25, 0.3) is 10.9 Å². The maximum absolute atomic E-state index is 13.2. The van der Waals surface area contributed by atoms with Crippen LogP contribution in [-0.2, 0) is 4.79 Å². The van der Waals surface area contributed by atoms with Crippen molar-refractivity contribution in [2.45, 2.75) is 19.3 Å². The minimum Gasteiger partial charge on any atom is -0.494 e. The van der Waals surface area contributed by atoms with E-state index in [1.165, 1.54) is 36.9 Å². The van der Waals surface area contributed by atoms with Crippen molar-refractivity contribution >= 4 is 28.4 Å². The summed E-state index contributed by atoms with van der Waals surface area (Å²) in [6, 6.07) is 16.0. The molecule has 2 fully saturated rings. The number of ether oxygens (including phenoxy) is 1. The molecule has 0 atom stereocenters. The zero-order valence-electron chi connectivity index (χ0n) is 19.7. The lowest BCUT2D eigenvalue weighted by atomic mass is 10.1. The average molecular weight is 475 g/mol. The Labute approximate surface area is 204 Å². The number of benzene rings is 2. The topological polar surface area (TPSA) is 85.9 Å². The molecule has 3 aromatic rings. The van der Waals surface area contributed by atoms with Crippen LogP contribution in [0.3, 0.4) is 0 Å². The Hall–Kier alpha value is -3.65. The summed E-state index contributed by atoms with van der Waals surface area (Å²) >= 11 is 0. The maximum Gasteiger partial charge on any atom is 0.256 e. The summed E-state index contributed by atoms with van der Waals surface area (Å²) in [5, 5.41) is 0.777. The van der Waals surface area contributed by atoms with Gasteiger partial charge < -0.3 is 24.4 Å². The van der Waals surface area contributed by atoms with E-state index in [-0.39, 0.29) is 23.9 Å². The van der Waals surface area contributed by atoms with Crippen molar-refractivity contribution < 1.29 is 14.3 Å². The van der Waals surface area contributed by atoms with Gasteiger partial charge in [0.15, 0.2) is 0 Å². The summed E-state index contributed by atoms with van der Waals surface area (Å²) < 4.78 is 5.87. The number of nitrogens with zero attached hydrogens (tertiary/aromatic N) is 3. The molecule has 35 heavy (non-hydrogen) atoms. The third-order valence-electron chi connectivity index (χ3n) is 6.73. The number of anilines is 1. The first-order chi connectivity index (χ1) is 17.1. The molecule has 2 saturated heterocycles. The lowest BCUT2D eigenvalue weighted by Crippen LogP contribution is -2.52. The van der Waals surface area contributed by atoms with Crippen LogP contribution in [0.4, 0.5) is 5.69 Å². The van der Waals surface area contributed by atoms with Crippen molar-refractivity contribution in [2.75, 3.05) is 50.8 Å². The van der Waals surface area contributed by atoms with Crippen molar-refractivity contribution in [1.82, 2.24) is 14.8 Å².